The Hall–Kier alpha value is -1.43. The number of hydrogen-bond acceptors (Lipinski definition) is 5. The highest BCUT2D eigenvalue weighted by Gasteiger charge is 2.50. The van der Waals surface area contributed by atoms with E-state index in [0.29, 0.717) is 0 Å². The zero-order chi connectivity index (χ0) is 19.2. The number of hydrogen-bond donors (Lipinski definition) is 0. The minimum atomic E-state index is -0.211. The van der Waals surface area contributed by atoms with Gasteiger partial charge in [0.1, 0.15) is 6.10 Å². The Kier molecular flexibility index (Phi) is 6.65. The predicted octanol–water partition coefficient (Wildman–Crippen LogP) is 2.74. The summed E-state index contributed by atoms with van der Waals surface area (Å²) in [6.07, 6.45) is 6.53. The lowest BCUT2D eigenvalue weighted by atomic mass is 9.76. The number of carbonyl (C=O) groups excluding carboxylic acids is 1. The molecule has 28 heavy (non-hydrogen) atoms. The maximum atomic E-state index is 12.6. The van der Waals surface area contributed by atoms with E-state index in [-0.39, 0.29) is 17.5 Å². The number of nitrogens with zero attached hydrogens (tertiary/aromatic N) is 2. The SMILES string of the molecule is O=C1OC(CN2CCOCC2)CC12CCN(CCCCc1ccccc1)CC2. The second-order valence-electron chi connectivity index (χ2n) is 8.71. The fourth-order valence-corrected chi connectivity index (χ4v) is 4.93. The van der Waals surface area contributed by atoms with E-state index in [1.54, 1.807) is 0 Å². The number of benzene rings is 1. The van der Waals surface area contributed by atoms with Crippen molar-refractivity contribution in [1.29, 1.82) is 0 Å². The summed E-state index contributed by atoms with van der Waals surface area (Å²) in [5.74, 6) is 0.0643. The Bertz CT molecular complexity index is 622. The molecule has 3 fully saturated rings. The van der Waals surface area contributed by atoms with Crippen LogP contribution in [0, 0.1) is 5.41 Å². The highest BCUT2D eigenvalue weighted by molar-refractivity contribution is 5.79. The van der Waals surface area contributed by atoms with Gasteiger partial charge in [-0.25, -0.2) is 0 Å². The van der Waals surface area contributed by atoms with Crippen molar-refractivity contribution in [3.63, 3.8) is 0 Å². The Morgan fingerprint density at radius 3 is 2.46 bits per heavy atom. The first kappa shape index (κ1) is 19.9. The highest BCUT2D eigenvalue weighted by atomic mass is 16.6. The Labute approximate surface area is 169 Å². The third kappa shape index (κ3) is 4.94. The number of esters is 1. The van der Waals surface area contributed by atoms with E-state index in [9.17, 15) is 4.79 Å². The first-order valence-corrected chi connectivity index (χ1v) is 11.0. The van der Waals surface area contributed by atoms with Gasteiger partial charge in [0.15, 0.2) is 0 Å². The summed E-state index contributed by atoms with van der Waals surface area (Å²) >= 11 is 0. The average molecular weight is 387 g/mol. The number of morpholine rings is 1. The fourth-order valence-electron chi connectivity index (χ4n) is 4.93. The standard InChI is InChI=1S/C23H34N2O3/c26-22-23(18-21(28-22)19-25-14-16-27-17-15-25)9-12-24(13-10-23)11-5-4-8-20-6-2-1-3-7-20/h1-3,6-7,21H,4-5,8-19H2. The third-order valence-electron chi connectivity index (χ3n) is 6.74. The summed E-state index contributed by atoms with van der Waals surface area (Å²) in [5, 5.41) is 0. The maximum Gasteiger partial charge on any atom is 0.312 e. The van der Waals surface area contributed by atoms with Gasteiger partial charge in [-0.1, -0.05) is 30.3 Å². The van der Waals surface area contributed by atoms with Crippen molar-refractivity contribution >= 4 is 5.97 Å². The van der Waals surface area contributed by atoms with Gasteiger partial charge < -0.3 is 14.4 Å². The number of aryl methyl sites for hydroxylation is 1. The molecule has 0 saturated carbocycles. The van der Waals surface area contributed by atoms with Crippen LogP contribution in [0.1, 0.15) is 37.7 Å². The summed E-state index contributed by atoms with van der Waals surface area (Å²) < 4.78 is 11.2. The van der Waals surface area contributed by atoms with Crippen LogP contribution in [-0.4, -0.2) is 74.4 Å². The van der Waals surface area contributed by atoms with Crippen molar-refractivity contribution in [3.8, 4) is 0 Å². The molecule has 3 heterocycles. The molecular weight excluding hydrogens is 352 g/mol. The molecule has 0 aliphatic carbocycles. The Morgan fingerprint density at radius 2 is 1.71 bits per heavy atom. The van der Waals surface area contributed by atoms with Crippen LogP contribution in [0.25, 0.3) is 0 Å². The monoisotopic (exact) mass is 386 g/mol. The van der Waals surface area contributed by atoms with Gasteiger partial charge in [-0.15, -0.1) is 0 Å². The number of likely N-dealkylation sites (tertiary alicyclic amines) is 1. The van der Waals surface area contributed by atoms with Crippen molar-refractivity contribution in [2.75, 3.05) is 52.5 Å². The van der Waals surface area contributed by atoms with Gasteiger partial charge in [0.2, 0.25) is 0 Å². The molecule has 1 aromatic rings. The molecule has 1 atom stereocenters. The zero-order valence-corrected chi connectivity index (χ0v) is 17.0. The normalized spacial score (nSPS) is 25.9. The van der Waals surface area contributed by atoms with Gasteiger partial charge >= 0.3 is 5.97 Å². The van der Waals surface area contributed by atoms with E-state index in [1.165, 1.54) is 18.4 Å². The molecule has 1 aromatic carbocycles. The molecule has 4 rings (SSSR count). The highest BCUT2D eigenvalue weighted by Crippen LogP contribution is 2.43. The number of rotatable bonds is 7. The second kappa shape index (κ2) is 9.38. The summed E-state index contributed by atoms with van der Waals surface area (Å²) in [6.45, 7) is 7.59. The van der Waals surface area contributed by atoms with Crippen molar-refractivity contribution in [2.24, 2.45) is 5.41 Å². The summed E-state index contributed by atoms with van der Waals surface area (Å²) in [6, 6.07) is 10.7. The van der Waals surface area contributed by atoms with Crippen LogP contribution in [0.3, 0.4) is 0 Å². The zero-order valence-electron chi connectivity index (χ0n) is 17.0. The summed E-state index contributed by atoms with van der Waals surface area (Å²) in [5.41, 5.74) is 1.22. The molecule has 0 aromatic heterocycles. The minimum absolute atomic E-state index is 0.0643. The van der Waals surface area contributed by atoms with Gasteiger partial charge in [0.05, 0.1) is 18.6 Å². The van der Waals surface area contributed by atoms with Crippen LogP contribution >= 0.6 is 0 Å². The van der Waals surface area contributed by atoms with Gasteiger partial charge in [0.25, 0.3) is 0 Å². The molecule has 1 unspecified atom stereocenters. The number of unbranched alkanes of at least 4 members (excludes halogenated alkanes) is 1. The van der Waals surface area contributed by atoms with Crippen LogP contribution in [0.5, 0.6) is 0 Å². The summed E-state index contributed by atoms with van der Waals surface area (Å²) in [4.78, 5) is 17.6. The molecule has 0 amide bonds. The van der Waals surface area contributed by atoms with E-state index < -0.39 is 0 Å². The largest absolute Gasteiger partial charge is 0.461 e. The lowest BCUT2D eigenvalue weighted by molar-refractivity contribution is -0.151. The molecule has 3 saturated heterocycles. The molecule has 5 nitrogen and oxygen atoms in total. The van der Waals surface area contributed by atoms with Crippen LogP contribution in [-0.2, 0) is 20.7 Å². The molecular formula is C23H34N2O3. The Morgan fingerprint density at radius 1 is 0.964 bits per heavy atom. The first-order chi connectivity index (χ1) is 13.7. The van der Waals surface area contributed by atoms with Crippen molar-refractivity contribution in [1.82, 2.24) is 9.80 Å². The van der Waals surface area contributed by atoms with Crippen LogP contribution < -0.4 is 0 Å². The number of piperidine rings is 1. The van der Waals surface area contributed by atoms with E-state index in [2.05, 4.69) is 40.1 Å². The average Bonchev–Trinajstić information content (AvgIpc) is 3.03. The maximum absolute atomic E-state index is 12.6. The van der Waals surface area contributed by atoms with Gasteiger partial charge in [-0.2, -0.15) is 0 Å². The molecule has 5 heteroatoms. The predicted molar refractivity (Wildman–Crippen MR) is 109 cm³/mol. The van der Waals surface area contributed by atoms with Crippen LogP contribution in [0.4, 0.5) is 0 Å². The number of ether oxygens (including phenoxy) is 2. The van der Waals surface area contributed by atoms with Crippen LogP contribution in [0.15, 0.2) is 30.3 Å². The van der Waals surface area contributed by atoms with Crippen molar-refractivity contribution in [2.45, 2.75) is 44.6 Å². The van der Waals surface area contributed by atoms with Crippen molar-refractivity contribution in [3.05, 3.63) is 35.9 Å². The third-order valence-corrected chi connectivity index (χ3v) is 6.74. The minimum Gasteiger partial charge on any atom is -0.461 e. The van der Waals surface area contributed by atoms with E-state index in [4.69, 9.17) is 9.47 Å². The van der Waals surface area contributed by atoms with E-state index in [0.717, 1.165) is 78.2 Å². The number of cyclic esters (lactones) is 1. The van der Waals surface area contributed by atoms with Crippen molar-refractivity contribution < 1.29 is 14.3 Å². The second-order valence-corrected chi connectivity index (χ2v) is 8.71. The smallest absolute Gasteiger partial charge is 0.312 e. The van der Waals surface area contributed by atoms with E-state index >= 15 is 0 Å². The fraction of sp³-hybridized carbons (Fsp3) is 0.696. The van der Waals surface area contributed by atoms with Gasteiger partial charge in [-0.05, 0) is 57.3 Å². The molecule has 1 spiro atoms. The quantitative estimate of drug-likeness (QED) is 0.532. The number of carbonyl (C=O) groups is 1. The molecule has 3 aliphatic heterocycles. The lowest BCUT2D eigenvalue weighted by Gasteiger charge is -2.36. The lowest BCUT2D eigenvalue weighted by Crippen LogP contribution is -2.43. The van der Waals surface area contributed by atoms with Gasteiger partial charge in [0, 0.05) is 26.1 Å². The van der Waals surface area contributed by atoms with E-state index in [1.807, 2.05) is 0 Å². The first-order valence-electron chi connectivity index (χ1n) is 11.0. The molecule has 3 aliphatic rings. The molecule has 0 N–H and O–H groups in total. The van der Waals surface area contributed by atoms with Gasteiger partial charge in [-0.3, -0.25) is 9.69 Å². The van der Waals surface area contributed by atoms with Crippen LogP contribution in [0.2, 0.25) is 0 Å². The molecule has 0 radical (unpaired) electrons. The summed E-state index contributed by atoms with van der Waals surface area (Å²) in [7, 11) is 0. The Balaban J connectivity index is 1.17. The molecule has 154 valence electrons. The topological polar surface area (TPSA) is 42.0 Å². The molecule has 0 bridgehead atoms.